The molecule has 0 aliphatic carbocycles. The van der Waals surface area contributed by atoms with Gasteiger partial charge in [0.1, 0.15) is 0 Å². The third-order valence-corrected chi connectivity index (χ3v) is 2.93. The van der Waals surface area contributed by atoms with Crippen LogP contribution in [0.3, 0.4) is 0 Å². The normalized spacial score (nSPS) is 14.4. The van der Waals surface area contributed by atoms with E-state index in [2.05, 4.69) is 0 Å². The Labute approximate surface area is 111 Å². The second-order valence-corrected chi connectivity index (χ2v) is 4.26. The van der Waals surface area contributed by atoms with Gasteiger partial charge in [0.25, 0.3) is 0 Å². The number of aliphatic hydroxyl groups is 1. The van der Waals surface area contributed by atoms with E-state index in [-0.39, 0.29) is 6.79 Å². The number of hydrogen-bond acceptors (Lipinski definition) is 4. The van der Waals surface area contributed by atoms with E-state index in [1.54, 1.807) is 0 Å². The minimum Gasteiger partial charge on any atom is -0.454 e. The first-order chi connectivity index (χ1) is 9.33. The number of benzene rings is 2. The number of hydrogen-bond donors (Lipinski definition) is 1. The molecule has 0 aromatic heterocycles. The van der Waals surface area contributed by atoms with Crippen molar-refractivity contribution in [2.75, 3.05) is 6.79 Å². The lowest BCUT2D eigenvalue weighted by molar-refractivity contribution is -0.112. The lowest BCUT2D eigenvalue weighted by Gasteiger charge is -2.12. The highest BCUT2D eigenvalue weighted by atomic mass is 16.7. The van der Waals surface area contributed by atoms with Crippen LogP contribution in [0, 0.1) is 0 Å². The SMILES string of the molecule is OC(OCc1ccc2c(c1)OCO2)c1ccccc1. The lowest BCUT2D eigenvalue weighted by atomic mass is 10.2. The predicted octanol–water partition coefficient (Wildman–Crippen LogP) is 2.62. The molecule has 0 saturated carbocycles. The van der Waals surface area contributed by atoms with Crippen LogP contribution in [0.5, 0.6) is 11.5 Å². The van der Waals surface area contributed by atoms with Crippen molar-refractivity contribution in [1.82, 2.24) is 0 Å². The molecule has 98 valence electrons. The maximum absolute atomic E-state index is 9.90. The second kappa shape index (κ2) is 5.30. The van der Waals surface area contributed by atoms with Gasteiger partial charge in [0.05, 0.1) is 6.61 Å². The summed E-state index contributed by atoms with van der Waals surface area (Å²) in [6.07, 6.45) is -0.924. The molecule has 0 fully saturated rings. The summed E-state index contributed by atoms with van der Waals surface area (Å²) in [5.41, 5.74) is 1.67. The molecule has 1 unspecified atom stereocenters. The molecule has 4 heteroatoms. The summed E-state index contributed by atoms with van der Waals surface area (Å²) in [5, 5.41) is 9.90. The van der Waals surface area contributed by atoms with Crippen LogP contribution in [-0.4, -0.2) is 11.9 Å². The molecule has 1 aliphatic rings. The smallest absolute Gasteiger partial charge is 0.231 e. The first-order valence-electron chi connectivity index (χ1n) is 6.06. The van der Waals surface area contributed by atoms with Crippen molar-refractivity contribution in [2.24, 2.45) is 0 Å². The van der Waals surface area contributed by atoms with Crippen LogP contribution in [0.1, 0.15) is 17.4 Å². The van der Waals surface area contributed by atoms with Crippen molar-refractivity contribution in [1.29, 1.82) is 0 Å². The zero-order chi connectivity index (χ0) is 13.1. The molecular weight excluding hydrogens is 244 g/mol. The molecule has 1 heterocycles. The molecule has 1 N–H and O–H groups in total. The zero-order valence-electron chi connectivity index (χ0n) is 10.3. The van der Waals surface area contributed by atoms with Crippen molar-refractivity contribution in [2.45, 2.75) is 12.9 Å². The maximum Gasteiger partial charge on any atom is 0.231 e. The molecule has 2 aromatic rings. The largest absolute Gasteiger partial charge is 0.454 e. The summed E-state index contributed by atoms with van der Waals surface area (Å²) in [4.78, 5) is 0. The van der Waals surface area contributed by atoms with Gasteiger partial charge < -0.3 is 19.3 Å². The zero-order valence-corrected chi connectivity index (χ0v) is 10.3. The summed E-state index contributed by atoms with van der Waals surface area (Å²) in [7, 11) is 0. The second-order valence-electron chi connectivity index (χ2n) is 4.26. The fourth-order valence-corrected chi connectivity index (χ4v) is 1.92. The van der Waals surface area contributed by atoms with E-state index in [0.29, 0.717) is 6.61 Å². The fraction of sp³-hybridized carbons (Fsp3) is 0.200. The standard InChI is InChI=1S/C15H14O4/c16-15(12-4-2-1-3-5-12)17-9-11-6-7-13-14(8-11)19-10-18-13/h1-8,15-16H,9-10H2. The predicted molar refractivity (Wildman–Crippen MR) is 68.8 cm³/mol. The van der Waals surface area contributed by atoms with E-state index in [4.69, 9.17) is 14.2 Å². The van der Waals surface area contributed by atoms with Crippen LogP contribution in [0.4, 0.5) is 0 Å². The van der Waals surface area contributed by atoms with Gasteiger partial charge in [-0.2, -0.15) is 0 Å². The first-order valence-corrected chi connectivity index (χ1v) is 6.06. The lowest BCUT2D eigenvalue weighted by Crippen LogP contribution is -2.03. The Balaban J connectivity index is 1.63. The van der Waals surface area contributed by atoms with E-state index in [1.807, 2.05) is 48.5 Å². The molecule has 4 nitrogen and oxygen atoms in total. The Morgan fingerprint density at radius 1 is 1.05 bits per heavy atom. The van der Waals surface area contributed by atoms with Gasteiger partial charge in [0.15, 0.2) is 17.8 Å². The van der Waals surface area contributed by atoms with Crippen molar-refractivity contribution in [3.05, 3.63) is 59.7 Å². The molecule has 1 aliphatic heterocycles. The average Bonchev–Trinajstić information content (AvgIpc) is 2.93. The molecule has 0 spiro atoms. The Hall–Kier alpha value is -2.04. The van der Waals surface area contributed by atoms with Crippen LogP contribution in [0.25, 0.3) is 0 Å². The van der Waals surface area contributed by atoms with Crippen LogP contribution < -0.4 is 9.47 Å². The Bertz CT molecular complexity index is 553. The van der Waals surface area contributed by atoms with Crippen LogP contribution in [-0.2, 0) is 11.3 Å². The average molecular weight is 258 g/mol. The minimum absolute atomic E-state index is 0.256. The molecule has 19 heavy (non-hydrogen) atoms. The molecule has 0 saturated heterocycles. The van der Waals surface area contributed by atoms with Gasteiger partial charge in [-0.15, -0.1) is 0 Å². The Morgan fingerprint density at radius 3 is 2.68 bits per heavy atom. The number of fused-ring (bicyclic) bond motifs is 1. The van der Waals surface area contributed by atoms with Gasteiger partial charge >= 0.3 is 0 Å². The number of aliphatic hydroxyl groups excluding tert-OH is 1. The van der Waals surface area contributed by atoms with Crippen molar-refractivity contribution >= 4 is 0 Å². The highest BCUT2D eigenvalue weighted by Crippen LogP contribution is 2.32. The topological polar surface area (TPSA) is 47.9 Å². The van der Waals surface area contributed by atoms with Crippen LogP contribution in [0.2, 0.25) is 0 Å². The van der Waals surface area contributed by atoms with Gasteiger partial charge in [-0.1, -0.05) is 36.4 Å². The summed E-state index contributed by atoms with van der Waals surface area (Å²) >= 11 is 0. The molecule has 1 atom stereocenters. The minimum atomic E-state index is -0.924. The van der Waals surface area contributed by atoms with Gasteiger partial charge in [0, 0.05) is 5.56 Å². The first kappa shape index (κ1) is 12.0. The summed E-state index contributed by atoms with van der Waals surface area (Å²) in [6.45, 7) is 0.568. The fourth-order valence-electron chi connectivity index (χ4n) is 1.92. The van der Waals surface area contributed by atoms with Crippen LogP contribution in [0.15, 0.2) is 48.5 Å². The molecule has 3 rings (SSSR count). The van der Waals surface area contributed by atoms with E-state index < -0.39 is 6.29 Å². The van der Waals surface area contributed by atoms with Gasteiger partial charge in [-0.25, -0.2) is 0 Å². The van der Waals surface area contributed by atoms with Crippen molar-refractivity contribution < 1.29 is 19.3 Å². The third kappa shape index (κ3) is 2.70. The van der Waals surface area contributed by atoms with E-state index in [1.165, 1.54) is 0 Å². The summed E-state index contributed by atoms with van der Waals surface area (Å²) in [6, 6.07) is 14.9. The van der Waals surface area contributed by atoms with Gasteiger partial charge in [-0.3, -0.25) is 0 Å². The quantitative estimate of drug-likeness (QED) is 0.856. The Morgan fingerprint density at radius 2 is 1.84 bits per heavy atom. The molecule has 0 amide bonds. The molecule has 2 aromatic carbocycles. The Kier molecular flexibility index (Phi) is 3.35. The van der Waals surface area contributed by atoms with E-state index >= 15 is 0 Å². The maximum atomic E-state index is 9.90. The van der Waals surface area contributed by atoms with E-state index in [0.717, 1.165) is 22.6 Å². The molecule has 0 bridgehead atoms. The van der Waals surface area contributed by atoms with E-state index in [9.17, 15) is 5.11 Å². The number of rotatable bonds is 4. The molecular formula is C15H14O4. The van der Waals surface area contributed by atoms with Crippen LogP contribution >= 0.6 is 0 Å². The highest BCUT2D eigenvalue weighted by Gasteiger charge is 2.14. The van der Waals surface area contributed by atoms with Gasteiger partial charge in [-0.05, 0) is 17.7 Å². The summed E-state index contributed by atoms with van der Waals surface area (Å²) in [5.74, 6) is 1.46. The third-order valence-electron chi connectivity index (χ3n) is 2.93. The van der Waals surface area contributed by atoms with Crippen molar-refractivity contribution in [3.63, 3.8) is 0 Å². The van der Waals surface area contributed by atoms with Crippen molar-refractivity contribution in [3.8, 4) is 11.5 Å². The number of ether oxygens (including phenoxy) is 3. The monoisotopic (exact) mass is 258 g/mol. The molecule has 0 radical (unpaired) electrons. The van der Waals surface area contributed by atoms with Gasteiger partial charge in [0.2, 0.25) is 6.79 Å². The highest BCUT2D eigenvalue weighted by molar-refractivity contribution is 5.44. The summed E-state index contributed by atoms with van der Waals surface area (Å²) < 4.78 is 16.0.